The lowest BCUT2D eigenvalue weighted by molar-refractivity contribution is 0.414. The number of imidazole rings is 1. The van der Waals surface area contributed by atoms with Crippen molar-refractivity contribution in [1.29, 1.82) is 10.5 Å². The molecule has 196 valence electrons. The molecule has 3 aromatic carbocycles. The van der Waals surface area contributed by atoms with E-state index in [0.717, 1.165) is 39.4 Å². The van der Waals surface area contributed by atoms with Crippen molar-refractivity contribution in [3.05, 3.63) is 101 Å². The van der Waals surface area contributed by atoms with Crippen LogP contribution in [0.5, 0.6) is 5.75 Å². The van der Waals surface area contributed by atoms with Crippen molar-refractivity contribution in [3.63, 3.8) is 0 Å². The third-order valence-electron chi connectivity index (χ3n) is 6.39. The van der Waals surface area contributed by atoms with Gasteiger partial charge in [0.2, 0.25) is 5.95 Å². The summed E-state index contributed by atoms with van der Waals surface area (Å²) in [5.74, 6) is 1.74. The van der Waals surface area contributed by atoms with Crippen LogP contribution < -0.4 is 15.4 Å². The highest BCUT2D eigenvalue weighted by molar-refractivity contribution is 5.87. The Labute approximate surface area is 232 Å². The molecular formula is C31H26N8O. The molecule has 5 aromatic rings. The maximum Gasteiger partial charge on any atom is 0.231 e. The van der Waals surface area contributed by atoms with Gasteiger partial charge in [0.1, 0.15) is 5.75 Å². The minimum atomic E-state index is 0.409. The van der Waals surface area contributed by atoms with Crippen LogP contribution in [0.3, 0.4) is 0 Å². The average Bonchev–Trinajstić information content (AvgIpc) is 3.37. The van der Waals surface area contributed by atoms with Gasteiger partial charge in [-0.1, -0.05) is 12.1 Å². The molecule has 0 saturated heterocycles. The van der Waals surface area contributed by atoms with Crippen molar-refractivity contribution in [2.45, 2.75) is 20.4 Å². The molecule has 0 amide bonds. The summed E-state index contributed by atoms with van der Waals surface area (Å²) >= 11 is 0. The van der Waals surface area contributed by atoms with Gasteiger partial charge in [0, 0.05) is 17.5 Å². The molecule has 0 aliphatic heterocycles. The van der Waals surface area contributed by atoms with Crippen molar-refractivity contribution in [2.75, 3.05) is 17.7 Å². The van der Waals surface area contributed by atoms with Gasteiger partial charge in [-0.3, -0.25) is 0 Å². The molecule has 0 bridgehead atoms. The number of anilines is 4. The van der Waals surface area contributed by atoms with E-state index in [9.17, 15) is 0 Å². The van der Waals surface area contributed by atoms with Gasteiger partial charge in [0.05, 0.1) is 37.7 Å². The molecule has 0 aliphatic rings. The number of benzene rings is 3. The molecule has 5 rings (SSSR count). The summed E-state index contributed by atoms with van der Waals surface area (Å²) in [6.07, 6.45) is 5.00. The van der Waals surface area contributed by atoms with Crippen LogP contribution in [0.25, 0.3) is 17.2 Å². The molecule has 0 atom stereocenters. The van der Waals surface area contributed by atoms with E-state index in [1.54, 1.807) is 31.6 Å². The molecule has 9 nitrogen and oxygen atoms in total. The van der Waals surface area contributed by atoms with Gasteiger partial charge in [0.25, 0.3) is 0 Å². The first-order valence-electron chi connectivity index (χ1n) is 12.5. The Hall–Kier alpha value is -5.67. The first kappa shape index (κ1) is 26.0. The molecular weight excluding hydrogens is 500 g/mol. The predicted molar refractivity (Wildman–Crippen MR) is 156 cm³/mol. The Morgan fingerprint density at radius 1 is 0.950 bits per heavy atom. The van der Waals surface area contributed by atoms with Crippen molar-refractivity contribution in [2.24, 2.45) is 0 Å². The van der Waals surface area contributed by atoms with Gasteiger partial charge in [-0.15, -0.1) is 0 Å². The van der Waals surface area contributed by atoms with Gasteiger partial charge < -0.3 is 19.9 Å². The maximum atomic E-state index is 9.16. The molecule has 9 heteroatoms. The van der Waals surface area contributed by atoms with E-state index in [1.165, 1.54) is 6.08 Å². The average molecular weight is 527 g/mol. The van der Waals surface area contributed by atoms with Crippen LogP contribution in [0.15, 0.2) is 73.1 Å². The molecule has 40 heavy (non-hydrogen) atoms. The standard InChI is InChI=1S/C31H26N8O/c1-20-15-24(5-4-14-32)16-21(2)27(20)36-31-37-29(35-25-10-6-22(17-33)7-11-25)28-30(38-31)39(19-34-28)18-23-8-12-26(40-3)13-9-23/h4-13,15-16,19H,18H2,1-3H3,(H2,35,36,37,38). The van der Waals surface area contributed by atoms with E-state index < -0.39 is 0 Å². The highest BCUT2D eigenvalue weighted by atomic mass is 16.5. The fourth-order valence-electron chi connectivity index (χ4n) is 4.43. The fourth-order valence-corrected chi connectivity index (χ4v) is 4.43. The van der Waals surface area contributed by atoms with Crippen molar-refractivity contribution >= 4 is 40.4 Å². The maximum absolute atomic E-state index is 9.16. The molecule has 2 aromatic heterocycles. The second-order valence-corrected chi connectivity index (χ2v) is 9.22. The van der Waals surface area contributed by atoms with Crippen LogP contribution in [0.4, 0.5) is 23.1 Å². The van der Waals surface area contributed by atoms with Crippen LogP contribution >= 0.6 is 0 Å². The molecule has 0 spiro atoms. The minimum absolute atomic E-state index is 0.409. The number of rotatable bonds is 8. The van der Waals surface area contributed by atoms with Crippen molar-refractivity contribution in [3.8, 4) is 17.9 Å². The largest absolute Gasteiger partial charge is 0.497 e. The van der Waals surface area contributed by atoms with Crippen LogP contribution in [0.1, 0.15) is 27.8 Å². The molecule has 0 unspecified atom stereocenters. The summed E-state index contributed by atoms with van der Waals surface area (Å²) in [4.78, 5) is 14.3. The zero-order chi connectivity index (χ0) is 28.1. The monoisotopic (exact) mass is 526 g/mol. The SMILES string of the molecule is COc1ccc(Cn2cnc3c(Nc4ccc(C#N)cc4)nc(Nc4c(C)cc(C=CC#N)cc4C)nc32)cc1. The number of ether oxygens (including phenoxy) is 1. The zero-order valence-corrected chi connectivity index (χ0v) is 22.3. The first-order valence-corrected chi connectivity index (χ1v) is 12.5. The predicted octanol–water partition coefficient (Wildman–Crippen LogP) is 6.40. The Morgan fingerprint density at radius 2 is 1.68 bits per heavy atom. The van der Waals surface area contributed by atoms with Gasteiger partial charge >= 0.3 is 0 Å². The minimum Gasteiger partial charge on any atom is -0.497 e. The molecule has 0 saturated carbocycles. The Kier molecular flexibility index (Phi) is 7.38. The quantitative estimate of drug-likeness (QED) is 0.223. The lowest BCUT2D eigenvalue weighted by atomic mass is 10.0. The van der Waals surface area contributed by atoms with Gasteiger partial charge in [-0.2, -0.15) is 20.5 Å². The lowest BCUT2D eigenvalue weighted by Crippen LogP contribution is -2.06. The number of aryl methyl sites for hydroxylation is 2. The highest BCUT2D eigenvalue weighted by Gasteiger charge is 2.16. The summed E-state index contributed by atoms with van der Waals surface area (Å²) in [5, 5.41) is 24.8. The van der Waals surface area contributed by atoms with Crippen LogP contribution in [-0.2, 0) is 6.54 Å². The topological polar surface area (TPSA) is 124 Å². The number of nitriles is 2. The van der Waals surface area contributed by atoms with Gasteiger partial charge in [-0.05, 0) is 90.7 Å². The molecule has 0 aliphatic carbocycles. The second-order valence-electron chi connectivity index (χ2n) is 9.22. The summed E-state index contributed by atoms with van der Waals surface area (Å²) in [7, 11) is 1.65. The zero-order valence-electron chi connectivity index (χ0n) is 22.3. The molecule has 0 radical (unpaired) electrons. The van der Waals surface area contributed by atoms with E-state index in [4.69, 9.17) is 25.2 Å². The molecule has 2 heterocycles. The number of aromatic nitrogens is 4. The summed E-state index contributed by atoms with van der Waals surface area (Å²) in [5.41, 5.74) is 7.52. The number of nitrogens with one attached hydrogen (secondary N) is 2. The third-order valence-corrected chi connectivity index (χ3v) is 6.39. The summed E-state index contributed by atoms with van der Waals surface area (Å²) < 4.78 is 7.26. The van der Waals surface area contributed by atoms with Crippen LogP contribution in [-0.4, -0.2) is 26.6 Å². The van der Waals surface area contributed by atoms with Crippen LogP contribution in [0.2, 0.25) is 0 Å². The molecule has 0 fully saturated rings. The number of methoxy groups -OCH3 is 1. The number of fused-ring (bicyclic) bond motifs is 1. The van der Waals surface area contributed by atoms with Crippen LogP contribution in [0, 0.1) is 36.5 Å². The summed E-state index contributed by atoms with van der Waals surface area (Å²) in [6.45, 7) is 4.56. The Bertz CT molecular complexity index is 1770. The smallest absolute Gasteiger partial charge is 0.231 e. The van der Waals surface area contributed by atoms with E-state index in [0.29, 0.717) is 35.0 Å². The number of nitrogens with zero attached hydrogens (tertiary/aromatic N) is 6. The highest BCUT2D eigenvalue weighted by Crippen LogP contribution is 2.29. The van der Waals surface area contributed by atoms with Gasteiger partial charge in [-0.25, -0.2) is 4.98 Å². The number of hydrogen-bond acceptors (Lipinski definition) is 8. The first-order chi connectivity index (χ1) is 19.5. The second kappa shape index (κ2) is 11.4. The summed E-state index contributed by atoms with van der Waals surface area (Å²) in [6, 6.07) is 23.2. The Morgan fingerprint density at radius 3 is 2.33 bits per heavy atom. The van der Waals surface area contributed by atoms with E-state index in [1.807, 2.05) is 73.0 Å². The van der Waals surface area contributed by atoms with E-state index in [-0.39, 0.29) is 0 Å². The normalized spacial score (nSPS) is 10.8. The van der Waals surface area contributed by atoms with Crippen molar-refractivity contribution < 1.29 is 4.74 Å². The Balaban J connectivity index is 1.56. The molecule has 2 N–H and O–H groups in total. The number of hydrogen-bond donors (Lipinski definition) is 2. The van der Waals surface area contributed by atoms with Crippen molar-refractivity contribution in [1.82, 2.24) is 19.5 Å². The van der Waals surface area contributed by atoms with Gasteiger partial charge in [0.15, 0.2) is 17.0 Å². The number of allylic oxidation sites excluding steroid dienone is 1. The van der Waals surface area contributed by atoms with E-state index in [2.05, 4.69) is 21.7 Å². The lowest BCUT2D eigenvalue weighted by Gasteiger charge is -2.15. The fraction of sp³-hybridized carbons (Fsp3) is 0.129. The third kappa shape index (κ3) is 5.59. The van der Waals surface area contributed by atoms with E-state index >= 15 is 0 Å².